The molecule has 0 radical (unpaired) electrons. The predicted octanol–water partition coefficient (Wildman–Crippen LogP) is 3.88. The van der Waals surface area contributed by atoms with E-state index in [1.165, 1.54) is 0 Å². The number of amides is 2. The molecule has 4 rings (SSSR count). The summed E-state index contributed by atoms with van der Waals surface area (Å²) in [7, 11) is 0. The van der Waals surface area contributed by atoms with Gasteiger partial charge in [-0.1, -0.05) is 48.5 Å². The van der Waals surface area contributed by atoms with Crippen LogP contribution >= 0.6 is 0 Å². The van der Waals surface area contributed by atoms with Crippen molar-refractivity contribution in [2.24, 2.45) is 0 Å². The number of para-hydroxylation sites is 1. The quantitative estimate of drug-likeness (QED) is 0.462. The molecular weight excluding hydrogens is 448 g/mol. The molecule has 0 bridgehead atoms. The van der Waals surface area contributed by atoms with E-state index in [0.717, 1.165) is 16.2 Å². The van der Waals surface area contributed by atoms with Crippen molar-refractivity contribution in [3.63, 3.8) is 0 Å². The first-order chi connectivity index (χ1) is 17.1. The number of ether oxygens (including phenoxy) is 3. The molecule has 0 N–H and O–H groups in total. The zero-order valence-corrected chi connectivity index (χ0v) is 19.9. The molecule has 2 amide bonds. The summed E-state index contributed by atoms with van der Waals surface area (Å²) in [6, 6.07) is 16.5. The van der Waals surface area contributed by atoms with Gasteiger partial charge in [-0.3, -0.25) is 4.79 Å². The summed E-state index contributed by atoms with van der Waals surface area (Å²) in [5.41, 5.74) is 2.69. The molecule has 35 heavy (non-hydrogen) atoms. The number of carbonyl (C=O) groups is 3. The second-order valence-electron chi connectivity index (χ2n) is 7.86. The smallest absolute Gasteiger partial charge is 0.421 e. The third-order valence-corrected chi connectivity index (χ3v) is 5.75. The Morgan fingerprint density at radius 1 is 0.943 bits per heavy atom. The van der Waals surface area contributed by atoms with Crippen LogP contribution in [0.1, 0.15) is 25.0 Å². The molecule has 1 saturated heterocycles. The van der Waals surface area contributed by atoms with Crippen molar-refractivity contribution in [1.29, 1.82) is 0 Å². The van der Waals surface area contributed by atoms with Gasteiger partial charge in [0, 0.05) is 24.4 Å². The summed E-state index contributed by atoms with van der Waals surface area (Å²) in [6.07, 6.45) is 0.903. The van der Waals surface area contributed by atoms with Crippen LogP contribution in [0.25, 0.3) is 11.3 Å². The number of nitrogens with zero attached hydrogens (tertiary/aromatic N) is 2. The van der Waals surface area contributed by atoms with Crippen molar-refractivity contribution in [3.05, 3.63) is 77.4 Å². The van der Waals surface area contributed by atoms with Gasteiger partial charge in [-0.15, -0.1) is 0 Å². The largest absolute Gasteiger partial charge is 0.462 e. The lowest BCUT2D eigenvalue weighted by Crippen LogP contribution is -2.35. The second-order valence-corrected chi connectivity index (χ2v) is 7.86. The maximum atomic E-state index is 13.6. The number of carbonyl (C=O) groups excluding carboxylic acids is 3. The first-order valence-corrected chi connectivity index (χ1v) is 11.7. The van der Waals surface area contributed by atoms with E-state index in [0.29, 0.717) is 37.6 Å². The maximum absolute atomic E-state index is 13.6. The van der Waals surface area contributed by atoms with E-state index < -0.39 is 18.0 Å². The Balaban J connectivity index is 1.94. The molecule has 2 heterocycles. The van der Waals surface area contributed by atoms with Gasteiger partial charge in [0.2, 0.25) is 0 Å². The Morgan fingerprint density at radius 2 is 1.60 bits per heavy atom. The molecule has 0 saturated carbocycles. The zero-order valence-electron chi connectivity index (χ0n) is 19.9. The standard InChI is InChI=1S/C27H28N2O6/c1-3-34-26(31)21(18-23(19-10-6-5-7-11-19)28-14-16-33-17-15-28)24-20-12-8-9-13-22(20)29(25(24)30)27(32)35-4-2/h5-13,18H,3-4,14-17H2,1-2H3/b23-18-,24-21+. The van der Waals surface area contributed by atoms with Gasteiger partial charge >= 0.3 is 12.1 Å². The Morgan fingerprint density at radius 3 is 2.29 bits per heavy atom. The fourth-order valence-electron chi connectivity index (χ4n) is 4.20. The Bertz CT molecular complexity index is 1170. The van der Waals surface area contributed by atoms with Gasteiger partial charge in [0.15, 0.2) is 0 Å². The van der Waals surface area contributed by atoms with Gasteiger partial charge in [0.1, 0.15) is 0 Å². The molecule has 2 aliphatic rings. The first kappa shape index (κ1) is 24.2. The number of anilines is 1. The van der Waals surface area contributed by atoms with Crippen LogP contribution in [0.5, 0.6) is 0 Å². The van der Waals surface area contributed by atoms with E-state index in [4.69, 9.17) is 14.2 Å². The average molecular weight is 477 g/mol. The molecule has 0 unspecified atom stereocenters. The van der Waals surface area contributed by atoms with E-state index in [1.807, 2.05) is 30.3 Å². The number of imide groups is 1. The fraction of sp³-hybridized carbons (Fsp3) is 0.296. The molecule has 0 aliphatic carbocycles. The third-order valence-electron chi connectivity index (χ3n) is 5.75. The lowest BCUT2D eigenvalue weighted by Gasteiger charge is -2.31. The highest BCUT2D eigenvalue weighted by Gasteiger charge is 2.40. The van der Waals surface area contributed by atoms with Gasteiger partial charge in [0.25, 0.3) is 5.91 Å². The topological polar surface area (TPSA) is 85.4 Å². The number of benzene rings is 2. The molecule has 0 atom stereocenters. The Kier molecular flexibility index (Phi) is 7.62. The van der Waals surface area contributed by atoms with E-state index in [1.54, 1.807) is 44.2 Å². The normalized spacial score (nSPS) is 17.2. The van der Waals surface area contributed by atoms with Crippen molar-refractivity contribution >= 4 is 34.9 Å². The molecule has 182 valence electrons. The van der Waals surface area contributed by atoms with Crippen molar-refractivity contribution in [2.45, 2.75) is 13.8 Å². The number of hydrogen-bond acceptors (Lipinski definition) is 7. The minimum absolute atomic E-state index is 0.0847. The monoisotopic (exact) mass is 476 g/mol. The van der Waals surface area contributed by atoms with Crippen molar-refractivity contribution in [1.82, 2.24) is 4.90 Å². The van der Waals surface area contributed by atoms with Crippen LogP contribution in [0.4, 0.5) is 10.5 Å². The second kappa shape index (κ2) is 11.0. The van der Waals surface area contributed by atoms with E-state index in [2.05, 4.69) is 4.90 Å². The van der Waals surface area contributed by atoms with Crippen molar-refractivity contribution in [2.75, 3.05) is 44.4 Å². The molecule has 0 aromatic heterocycles. The molecular formula is C27H28N2O6. The molecule has 2 aromatic carbocycles. The van der Waals surface area contributed by atoms with Gasteiger partial charge in [-0.25, -0.2) is 14.5 Å². The lowest BCUT2D eigenvalue weighted by atomic mass is 9.98. The highest BCUT2D eigenvalue weighted by Crippen LogP contribution is 2.40. The highest BCUT2D eigenvalue weighted by atomic mass is 16.6. The maximum Gasteiger partial charge on any atom is 0.421 e. The number of rotatable bonds is 6. The fourth-order valence-corrected chi connectivity index (χ4v) is 4.20. The summed E-state index contributed by atoms with van der Waals surface area (Å²) >= 11 is 0. The molecule has 0 spiro atoms. The summed E-state index contributed by atoms with van der Waals surface area (Å²) in [5.74, 6) is -1.27. The number of esters is 1. The van der Waals surface area contributed by atoms with E-state index in [9.17, 15) is 14.4 Å². The Labute approximate surface area is 204 Å². The van der Waals surface area contributed by atoms with Crippen molar-refractivity contribution < 1.29 is 28.6 Å². The third kappa shape index (κ3) is 4.97. The minimum atomic E-state index is -0.788. The minimum Gasteiger partial charge on any atom is -0.462 e. The lowest BCUT2D eigenvalue weighted by molar-refractivity contribution is -0.138. The van der Waals surface area contributed by atoms with Crippen LogP contribution in [-0.4, -0.2) is 62.4 Å². The zero-order chi connectivity index (χ0) is 24.8. The summed E-state index contributed by atoms with van der Waals surface area (Å²) < 4.78 is 16.0. The predicted molar refractivity (Wildman–Crippen MR) is 131 cm³/mol. The summed E-state index contributed by atoms with van der Waals surface area (Å²) in [5, 5.41) is 0. The summed E-state index contributed by atoms with van der Waals surface area (Å²) in [4.78, 5) is 42.7. The molecule has 2 aromatic rings. The van der Waals surface area contributed by atoms with Crippen LogP contribution in [0.3, 0.4) is 0 Å². The molecule has 1 fully saturated rings. The average Bonchev–Trinajstić information content (AvgIpc) is 3.17. The van der Waals surface area contributed by atoms with Crippen LogP contribution in [0.2, 0.25) is 0 Å². The Hall–Kier alpha value is -3.91. The van der Waals surface area contributed by atoms with Gasteiger partial charge in [-0.2, -0.15) is 0 Å². The SMILES string of the molecule is CCOC(=O)C(/C=C(/c1ccccc1)N1CCOCC1)=C1/C(=O)N(C(=O)OCC)c2ccccc21. The van der Waals surface area contributed by atoms with Crippen molar-refractivity contribution in [3.8, 4) is 0 Å². The molecule has 2 aliphatic heterocycles. The van der Waals surface area contributed by atoms with Gasteiger partial charge in [-0.05, 0) is 31.6 Å². The van der Waals surface area contributed by atoms with Crippen LogP contribution < -0.4 is 4.90 Å². The van der Waals surface area contributed by atoms with E-state index >= 15 is 0 Å². The highest BCUT2D eigenvalue weighted by molar-refractivity contribution is 6.41. The molecule has 8 heteroatoms. The van der Waals surface area contributed by atoms with Crippen LogP contribution in [0.15, 0.2) is 66.2 Å². The van der Waals surface area contributed by atoms with Gasteiger partial charge in [0.05, 0.1) is 43.3 Å². The molecule has 8 nitrogen and oxygen atoms in total. The number of hydrogen-bond donors (Lipinski definition) is 0. The van der Waals surface area contributed by atoms with Crippen LogP contribution in [0, 0.1) is 0 Å². The van der Waals surface area contributed by atoms with E-state index in [-0.39, 0.29) is 24.4 Å². The number of morpholine rings is 1. The van der Waals surface area contributed by atoms with Gasteiger partial charge < -0.3 is 19.1 Å². The summed E-state index contributed by atoms with van der Waals surface area (Å²) in [6.45, 7) is 5.99. The van der Waals surface area contributed by atoms with Crippen LogP contribution in [-0.2, 0) is 23.8 Å². The number of fused-ring (bicyclic) bond motifs is 1. The first-order valence-electron chi connectivity index (χ1n) is 11.7.